The smallest absolute Gasteiger partial charge is 0.191 e. The molecular weight excluding hydrogens is 400 g/mol. The maximum atomic E-state index is 13.1. The Bertz CT molecular complexity index is 391. The van der Waals surface area contributed by atoms with Crippen molar-refractivity contribution in [1.29, 1.82) is 0 Å². The van der Waals surface area contributed by atoms with E-state index >= 15 is 0 Å². The molecule has 0 amide bonds. The standard InChI is InChI=1S/C11H13BrFN3.HI/c12-9-4-8(5-10(13)6-9)7-16-11-14-2-1-3-15-11;/h4-6H,1-3,7H2,(H2,14,15,16);1H. The van der Waals surface area contributed by atoms with Crippen LogP contribution in [0.2, 0.25) is 0 Å². The van der Waals surface area contributed by atoms with Gasteiger partial charge in [-0.05, 0) is 30.2 Å². The van der Waals surface area contributed by atoms with Gasteiger partial charge in [0, 0.05) is 24.1 Å². The minimum atomic E-state index is -0.232. The monoisotopic (exact) mass is 413 g/mol. The fourth-order valence-electron chi connectivity index (χ4n) is 1.55. The summed E-state index contributed by atoms with van der Waals surface area (Å²) in [5.74, 6) is 0.566. The summed E-state index contributed by atoms with van der Waals surface area (Å²) in [7, 11) is 0. The van der Waals surface area contributed by atoms with E-state index in [0.29, 0.717) is 6.54 Å². The summed E-state index contributed by atoms with van der Waals surface area (Å²) in [5, 5.41) is 6.30. The Balaban J connectivity index is 0.00000144. The number of nitrogens with zero attached hydrogens (tertiary/aromatic N) is 1. The summed E-state index contributed by atoms with van der Waals surface area (Å²) >= 11 is 3.27. The first kappa shape index (κ1) is 14.7. The Hall–Kier alpha value is -0.370. The molecule has 0 saturated heterocycles. The van der Waals surface area contributed by atoms with Crippen molar-refractivity contribution in [2.45, 2.75) is 13.0 Å². The Labute approximate surface area is 125 Å². The summed E-state index contributed by atoms with van der Waals surface area (Å²) in [4.78, 5) is 4.28. The van der Waals surface area contributed by atoms with Crippen molar-refractivity contribution in [3.8, 4) is 0 Å². The van der Waals surface area contributed by atoms with Crippen LogP contribution in [0.15, 0.2) is 27.7 Å². The number of hydrogen-bond donors (Lipinski definition) is 2. The summed E-state index contributed by atoms with van der Waals surface area (Å²) in [6, 6.07) is 4.85. The maximum absolute atomic E-state index is 13.1. The third kappa shape index (κ3) is 4.79. The molecule has 0 radical (unpaired) electrons. The average Bonchev–Trinajstić information content (AvgIpc) is 2.27. The third-order valence-electron chi connectivity index (χ3n) is 2.28. The number of guanidine groups is 1. The van der Waals surface area contributed by atoms with Crippen LogP contribution in [-0.2, 0) is 6.54 Å². The normalized spacial score (nSPS) is 14.4. The van der Waals surface area contributed by atoms with Gasteiger partial charge in [-0.3, -0.25) is 4.99 Å². The van der Waals surface area contributed by atoms with Crippen LogP contribution in [0.1, 0.15) is 12.0 Å². The fourth-order valence-corrected chi connectivity index (χ4v) is 2.06. The SMILES string of the molecule is Fc1cc(Br)cc(CNC2=NCCCN2)c1.I. The molecule has 2 N–H and O–H groups in total. The van der Waals surface area contributed by atoms with Gasteiger partial charge in [-0.1, -0.05) is 15.9 Å². The van der Waals surface area contributed by atoms with E-state index in [1.54, 1.807) is 0 Å². The van der Waals surface area contributed by atoms with Crippen LogP contribution >= 0.6 is 39.9 Å². The molecule has 94 valence electrons. The van der Waals surface area contributed by atoms with Gasteiger partial charge < -0.3 is 10.6 Å². The molecule has 1 heterocycles. The van der Waals surface area contributed by atoms with Crippen molar-refractivity contribution in [2.75, 3.05) is 13.1 Å². The van der Waals surface area contributed by atoms with Crippen LogP contribution in [0.3, 0.4) is 0 Å². The highest BCUT2D eigenvalue weighted by molar-refractivity contribution is 14.0. The number of hydrogen-bond acceptors (Lipinski definition) is 3. The first-order valence-corrected chi connectivity index (χ1v) is 6.00. The molecule has 0 aromatic heterocycles. The van der Waals surface area contributed by atoms with Crippen LogP contribution in [0.4, 0.5) is 4.39 Å². The van der Waals surface area contributed by atoms with Crippen LogP contribution in [0, 0.1) is 5.82 Å². The molecule has 0 atom stereocenters. The zero-order chi connectivity index (χ0) is 11.4. The molecule has 1 aliphatic heterocycles. The first-order valence-electron chi connectivity index (χ1n) is 5.21. The lowest BCUT2D eigenvalue weighted by molar-refractivity contribution is 0.623. The van der Waals surface area contributed by atoms with Crippen molar-refractivity contribution in [2.24, 2.45) is 4.99 Å². The zero-order valence-corrected chi connectivity index (χ0v) is 13.1. The van der Waals surface area contributed by atoms with E-state index in [1.165, 1.54) is 12.1 Å². The molecule has 0 aliphatic carbocycles. The van der Waals surface area contributed by atoms with Gasteiger partial charge >= 0.3 is 0 Å². The lowest BCUT2D eigenvalue weighted by atomic mass is 10.2. The molecule has 0 saturated carbocycles. The zero-order valence-electron chi connectivity index (χ0n) is 9.17. The molecule has 0 fully saturated rings. The Morgan fingerprint density at radius 3 is 2.88 bits per heavy atom. The number of benzene rings is 1. The molecular formula is C11H14BrFIN3. The van der Waals surface area contributed by atoms with Crippen molar-refractivity contribution in [3.05, 3.63) is 34.1 Å². The Morgan fingerprint density at radius 2 is 2.24 bits per heavy atom. The molecule has 3 nitrogen and oxygen atoms in total. The Morgan fingerprint density at radius 1 is 1.41 bits per heavy atom. The molecule has 1 aliphatic rings. The molecule has 0 bridgehead atoms. The summed E-state index contributed by atoms with van der Waals surface area (Å²) in [5.41, 5.74) is 0.891. The van der Waals surface area contributed by atoms with Gasteiger partial charge in [-0.25, -0.2) is 4.39 Å². The first-order chi connectivity index (χ1) is 7.74. The molecule has 0 spiro atoms. The molecule has 0 unspecified atom stereocenters. The third-order valence-corrected chi connectivity index (χ3v) is 2.74. The predicted octanol–water partition coefficient (Wildman–Crippen LogP) is 2.65. The number of nitrogens with one attached hydrogen (secondary N) is 2. The second kappa shape index (κ2) is 7.15. The van der Waals surface area contributed by atoms with E-state index in [0.717, 1.165) is 35.5 Å². The predicted molar refractivity (Wildman–Crippen MR) is 81.3 cm³/mol. The lowest BCUT2D eigenvalue weighted by Crippen LogP contribution is -2.40. The highest BCUT2D eigenvalue weighted by atomic mass is 127. The van der Waals surface area contributed by atoms with E-state index in [4.69, 9.17) is 0 Å². The fraction of sp³-hybridized carbons (Fsp3) is 0.364. The molecule has 6 heteroatoms. The van der Waals surface area contributed by atoms with Gasteiger partial charge in [0.2, 0.25) is 0 Å². The number of aliphatic imine (C=N–C) groups is 1. The van der Waals surface area contributed by atoms with Crippen molar-refractivity contribution < 1.29 is 4.39 Å². The quantitative estimate of drug-likeness (QED) is 0.731. The average molecular weight is 414 g/mol. The minimum absolute atomic E-state index is 0. The van der Waals surface area contributed by atoms with Gasteiger partial charge in [0.1, 0.15) is 5.82 Å². The van der Waals surface area contributed by atoms with Gasteiger partial charge in [0.15, 0.2) is 5.96 Å². The lowest BCUT2D eigenvalue weighted by Gasteiger charge is -2.16. The van der Waals surface area contributed by atoms with Crippen LogP contribution < -0.4 is 10.6 Å². The van der Waals surface area contributed by atoms with E-state index in [9.17, 15) is 4.39 Å². The van der Waals surface area contributed by atoms with E-state index in [1.807, 2.05) is 6.07 Å². The largest absolute Gasteiger partial charge is 0.356 e. The van der Waals surface area contributed by atoms with E-state index in [2.05, 4.69) is 31.6 Å². The molecule has 1 aromatic carbocycles. The summed E-state index contributed by atoms with van der Waals surface area (Å²) in [6.45, 7) is 2.36. The van der Waals surface area contributed by atoms with Crippen molar-refractivity contribution in [1.82, 2.24) is 10.6 Å². The summed E-state index contributed by atoms with van der Waals surface area (Å²) < 4.78 is 13.8. The Kier molecular flexibility index (Phi) is 6.18. The van der Waals surface area contributed by atoms with E-state index < -0.39 is 0 Å². The highest BCUT2D eigenvalue weighted by Gasteiger charge is 2.04. The molecule has 17 heavy (non-hydrogen) atoms. The van der Waals surface area contributed by atoms with Crippen LogP contribution in [0.25, 0.3) is 0 Å². The molecule has 2 rings (SSSR count). The van der Waals surface area contributed by atoms with Gasteiger partial charge in [-0.15, -0.1) is 24.0 Å². The van der Waals surface area contributed by atoms with Crippen molar-refractivity contribution >= 4 is 45.9 Å². The number of rotatable bonds is 2. The van der Waals surface area contributed by atoms with Crippen LogP contribution in [0.5, 0.6) is 0 Å². The topological polar surface area (TPSA) is 36.4 Å². The maximum Gasteiger partial charge on any atom is 0.191 e. The van der Waals surface area contributed by atoms with Gasteiger partial charge in [0.25, 0.3) is 0 Å². The van der Waals surface area contributed by atoms with Crippen LogP contribution in [-0.4, -0.2) is 19.0 Å². The number of halogens is 3. The van der Waals surface area contributed by atoms with Gasteiger partial charge in [-0.2, -0.15) is 0 Å². The van der Waals surface area contributed by atoms with Crippen molar-refractivity contribution in [3.63, 3.8) is 0 Å². The van der Waals surface area contributed by atoms with Gasteiger partial charge in [0.05, 0.1) is 0 Å². The summed E-state index contributed by atoms with van der Waals surface area (Å²) in [6.07, 6.45) is 1.07. The second-order valence-electron chi connectivity index (χ2n) is 3.64. The van der Waals surface area contributed by atoms with E-state index in [-0.39, 0.29) is 29.8 Å². The second-order valence-corrected chi connectivity index (χ2v) is 4.56. The highest BCUT2D eigenvalue weighted by Crippen LogP contribution is 2.14. The minimum Gasteiger partial charge on any atom is -0.356 e. The molecule has 1 aromatic rings.